The number of benzene rings is 3. The zero-order chi connectivity index (χ0) is 22.9. The number of pyridine rings is 1. The number of rotatable bonds is 4. The van der Waals surface area contributed by atoms with Crippen LogP contribution in [0.3, 0.4) is 0 Å². The highest BCUT2D eigenvalue weighted by Crippen LogP contribution is 2.40. The van der Waals surface area contributed by atoms with Crippen molar-refractivity contribution in [3.63, 3.8) is 0 Å². The van der Waals surface area contributed by atoms with Gasteiger partial charge in [-0.25, -0.2) is 5.01 Å². The van der Waals surface area contributed by atoms with Crippen molar-refractivity contribution in [1.82, 2.24) is 9.99 Å². The second-order valence-corrected chi connectivity index (χ2v) is 8.55. The van der Waals surface area contributed by atoms with Crippen LogP contribution in [-0.2, 0) is 4.79 Å². The molecular formula is C29H27N3O. The molecule has 33 heavy (non-hydrogen) atoms. The second-order valence-electron chi connectivity index (χ2n) is 8.55. The van der Waals surface area contributed by atoms with Crippen LogP contribution in [0.5, 0.6) is 0 Å². The van der Waals surface area contributed by atoms with Crippen LogP contribution >= 0.6 is 0 Å². The van der Waals surface area contributed by atoms with Gasteiger partial charge < -0.3 is 0 Å². The highest BCUT2D eigenvalue weighted by Gasteiger charge is 2.35. The summed E-state index contributed by atoms with van der Waals surface area (Å²) in [6.07, 6.45) is 1.08. The Hall–Kier alpha value is -3.79. The van der Waals surface area contributed by atoms with Crippen molar-refractivity contribution >= 4 is 22.5 Å². The van der Waals surface area contributed by atoms with E-state index < -0.39 is 0 Å². The van der Waals surface area contributed by atoms with Gasteiger partial charge in [-0.15, -0.1) is 0 Å². The van der Waals surface area contributed by atoms with Crippen molar-refractivity contribution in [2.45, 2.75) is 39.7 Å². The first-order chi connectivity index (χ1) is 16.1. The molecule has 0 spiro atoms. The summed E-state index contributed by atoms with van der Waals surface area (Å²) in [5, 5.41) is 7.73. The molecule has 1 atom stereocenters. The fourth-order valence-electron chi connectivity index (χ4n) is 4.85. The summed E-state index contributed by atoms with van der Waals surface area (Å²) in [5.41, 5.74) is 8.42. The Labute approximate surface area is 194 Å². The first-order valence-electron chi connectivity index (χ1n) is 11.5. The van der Waals surface area contributed by atoms with Crippen LogP contribution in [0.4, 0.5) is 0 Å². The summed E-state index contributed by atoms with van der Waals surface area (Å²) in [7, 11) is 0. The fourth-order valence-corrected chi connectivity index (χ4v) is 4.85. The van der Waals surface area contributed by atoms with E-state index in [1.807, 2.05) is 38.1 Å². The Bertz CT molecular complexity index is 1370. The van der Waals surface area contributed by atoms with E-state index in [4.69, 9.17) is 10.1 Å². The van der Waals surface area contributed by atoms with E-state index >= 15 is 0 Å². The molecular weight excluding hydrogens is 406 g/mol. The van der Waals surface area contributed by atoms with E-state index in [0.717, 1.165) is 44.6 Å². The zero-order valence-electron chi connectivity index (χ0n) is 19.2. The number of fused-ring (bicyclic) bond motifs is 1. The molecule has 1 amide bonds. The van der Waals surface area contributed by atoms with Crippen molar-refractivity contribution in [2.24, 2.45) is 5.10 Å². The molecule has 164 valence electrons. The molecule has 0 saturated carbocycles. The number of hydrogen-bond acceptors (Lipinski definition) is 3. The molecule has 4 nitrogen and oxygen atoms in total. The van der Waals surface area contributed by atoms with Crippen molar-refractivity contribution in [2.75, 3.05) is 0 Å². The van der Waals surface area contributed by atoms with Crippen LogP contribution in [0.25, 0.3) is 22.0 Å². The average Bonchev–Trinajstić information content (AvgIpc) is 3.28. The maximum atomic E-state index is 12.9. The SMILES string of the molecule is CCC(=O)N1N=C(c2c(C)nc3ccccc3c2-c2ccccc2)C[C@H]1c1ccccc1C. The molecule has 1 aromatic heterocycles. The number of hydrazone groups is 1. The molecule has 0 unspecified atom stereocenters. The van der Waals surface area contributed by atoms with Gasteiger partial charge in [0.25, 0.3) is 0 Å². The minimum absolute atomic E-state index is 0.0333. The molecule has 3 aromatic carbocycles. The Kier molecular flexibility index (Phi) is 5.51. The largest absolute Gasteiger partial charge is 0.273 e. The minimum Gasteiger partial charge on any atom is -0.273 e. The number of carbonyl (C=O) groups excluding carboxylic acids is 1. The van der Waals surface area contributed by atoms with Crippen LogP contribution in [-0.4, -0.2) is 21.6 Å². The van der Waals surface area contributed by atoms with Crippen molar-refractivity contribution in [3.05, 3.63) is 101 Å². The lowest BCUT2D eigenvalue weighted by Gasteiger charge is -2.23. The first kappa shape index (κ1) is 21.1. The van der Waals surface area contributed by atoms with Crippen LogP contribution in [0.2, 0.25) is 0 Å². The van der Waals surface area contributed by atoms with E-state index in [0.29, 0.717) is 12.8 Å². The number of carbonyl (C=O) groups is 1. The molecule has 0 bridgehead atoms. The monoisotopic (exact) mass is 433 g/mol. The highest BCUT2D eigenvalue weighted by atomic mass is 16.2. The summed E-state index contributed by atoms with van der Waals surface area (Å²) in [6, 6.07) is 26.8. The molecule has 0 fully saturated rings. The van der Waals surface area contributed by atoms with E-state index in [-0.39, 0.29) is 11.9 Å². The Morgan fingerprint density at radius 1 is 0.909 bits per heavy atom. The smallest absolute Gasteiger partial charge is 0.242 e. The molecule has 2 heterocycles. The van der Waals surface area contributed by atoms with E-state index in [1.54, 1.807) is 5.01 Å². The normalized spacial score (nSPS) is 15.7. The number of nitrogens with zero attached hydrogens (tertiary/aromatic N) is 3. The Morgan fingerprint density at radius 2 is 1.61 bits per heavy atom. The Balaban J connectivity index is 1.73. The predicted molar refractivity (Wildman–Crippen MR) is 134 cm³/mol. The van der Waals surface area contributed by atoms with Gasteiger partial charge in [0.15, 0.2) is 0 Å². The summed E-state index contributed by atoms with van der Waals surface area (Å²) in [4.78, 5) is 17.9. The van der Waals surface area contributed by atoms with Gasteiger partial charge >= 0.3 is 0 Å². The van der Waals surface area contributed by atoms with Crippen LogP contribution in [0, 0.1) is 13.8 Å². The molecule has 5 rings (SSSR count). The summed E-state index contributed by atoms with van der Waals surface area (Å²) in [5.74, 6) is 0.0333. The summed E-state index contributed by atoms with van der Waals surface area (Å²) >= 11 is 0. The van der Waals surface area contributed by atoms with Gasteiger partial charge in [0.2, 0.25) is 5.91 Å². The quantitative estimate of drug-likeness (QED) is 0.364. The van der Waals surface area contributed by atoms with Gasteiger partial charge in [-0.05, 0) is 36.6 Å². The van der Waals surface area contributed by atoms with Crippen LogP contribution in [0.15, 0.2) is 84.0 Å². The number of amides is 1. The zero-order valence-corrected chi connectivity index (χ0v) is 19.2. The molecule has 0 radical (unpaired) electrons. The van der Waals surface area contributed by atoms with Gasteiger partial charge in [0, 0.05) is 35.0 Å². The van der Waals surface area contributed by atoms with Crippen molar-refractivity contribution in [1.29, 1.82) is 0 Å². The molecule has 0 saturated heterocycles. The minimum atomic E-state index is -0.108. The third-order valence-corrected chi connectivity index (χ3v) is 6.44. The topological polar surface area (TPSA) is 45.6 Å². The van der Waals surface area contributed by atoms with E-state index in [2.05, 4.69) is 61.5 Å². The van der Waals surface area contributed by atoms with Gasteiger partial charge in [-0.3, -0.25) is 9.78 Å². The van der Waals surface area contributed by atoms with Crippen LogP contribution in [0.1, 0.15) is 48.2 Å². The van der Waals surface area contributed by atoms with Crippen molar-refractivity contribution in [3.8, 4) is 11.1 Å². The third-order valence-electron chi connectivity index (χ3n) is 6.44. The van der Waals surface area contributed by atoms with Gasteiger partial charge in [0.05, 0.1) is 17.3 Å². The third kappa shape index (κ3) is 3.72. The molecule has 0 N–H and O–H groups in total. The Morgan fingerprint density at radius 3 is 2.36 bits per heavy atom. The number of hydrogen-bond donors (Lipinski definition) is 0. The number of aryl methyl sites for hydroxylation is 2. The van der Waals surface area contributed by atoms with Gasteiger partial charge in [-0.2, -0.15) is 5.10 Å². The lowest BCUT2D eigenvalue weighted by molar-refractivity contribution is -0.132. The second kappa shape index (κ2) is 8.62. The predicted octanol–water partition coefficient (Wildman–Crippen LogP) is 6.61. The molecule has 1 aliphatic heterocycles. The molecule has 4 heteroatoms. The number of para-hydroxylation sites is 1. The van der Waals surface area contributed by atoms with E-state index in [9.17, 15) is 4.79 Å². The standard InChI is InChI=1S/C29H27N3O/c1-4-27(33)32-26(22-15-9-8-12-19(22)2)18-25(31-32)28-20(3)30-24-17-11-10-16-23(24)29(28)21-13-6-5-7-14-21/h5-17,26H,4,18H2,1-3H3/t26-/m0/s1. The molecule has 1 aliphatic rings. The fraction of sp³-hybridized carbons (Fsp3) is 0.207. The van der Waals surface area contributed by atoms with Crippen molar-refractivity contribution < 1.29 is 4.79 Å². The molecule has 4 aromatic rings. The van der Waals surface area contributed by atoms with Gasteiger partial charge in [0.1, 0.15) is 0 Å². The summed E-state index contributed by atoms with van der Waals surface area (Å²) in [6.45, 7) is 6.03. The average molecular weight is 434 g/mol. The summed E-state index contributed by atoms with van der Waals surface area (Å²) < 4.78 is 0. The van der Waals surface area contributed by atoms with E-state index in [1.165, 1.54) is 5.56 Å². The highest BCUT2D eigenvalue weighted by molar-refractivity contribution is 6.14. The first-order valence-corrected chi connectivity index (χ1v) is 11.5. The maximum absolute atomic E-state index is 12.9. The lowest BCUT2D eigenvalue weighted by Crippen LogP contribution is -2.26. The lowest BCUT2D eigenvalue weighted by atomic mass is 9.88. The van der Waals surface area contributed by atoms with Crippen LogP contribution < -0.4 is 0 Å². The number of aromatic nitrogens is 1. The maximum Gasteiger partial charge on any atom is 0.242 e. The van der Waals surface area contributed by atoms with Gasteiger partial charge in [-0.1, -0.05) is 79.7 Å². The molecule has 0 aliphatic carbocycles.